The van der Waals surface area contributed by atoms with Crippen molar-refractivity contribution in [1.29, 1.82) is 0 Å². The van der Waals surface area contributed by atoms with Gasteiger partial charge in [0.25, 0.3) is 0 Å². The van der Waals surface area contributed by atoms with E-state index in [1.807, 2.05) is 0 Å². The van der Waals surface area contributed by atoms with Crippen molar-refractivity contribution in [2.45, 2.75) is 38.1 Å². The Morgan fingerprint density at radius 2 is 2.50 bits per heavy atom. The molecule has 0 aliphatic carbocycles. The number of rotatable bonds is 4. The maximum absolute atomic E-state index is 9.32. The van der Waals surface area contributed by atoms with Gasteiger partial charge in [-0.1, -0.05) is 19.4 Å². The zero-order chi connectivity index (χ0) is 7.56. The quantitative estimate of drug-likeness (QED) is 0.471. The van der Waals surface area contributed by atoms with Gasteiger partial charge < -0.3 is 9.84 Å². The van der Waals surface area contributed by atoms with Gasteiger partial charge >= 0.3 is 0 Å². The minimum atomic E-state index is -0.284. The smallest absolute Gasteiger partial charge is 0.114 e. The van der Waals surface area contributed by atoms with Crippen molar-refractivity contribution >= 4 is 0 Å². The first kappa shape index (κ1) is 7.76. The molecule has 3 atom stereocenters. The lowest BCUT2D eigenvalue weighted by Crippen LogP contribution is -2.15. The molecule has 1 aliphatic rings. The lowest BCUT2D eigenvalue weighted by molar-refractivity contribution is 0.126. The van der Waals surface area contributed by atoms with Gasteiger partial charge in [-0.2, -0.15) is 0 Å². The molecule has 1 fully saturated rings. The fourth-order valence-corrected chi connectivity index (χ4v) is 1.10. The van der Waals surface area contributed by atoms with Gasteiger partial charge in [0.05, 0.1) is 6.10 Å². The molecule has 0 radical (unpaired) electrons. The van der Waals surface area contributed by atoms with Crippen molar-refractivity contribution in [3.8, 4) is 0 Å². The largest absolute Gasteiger partial charge is 0.390 e. The average molecular weight is 142 g/mol. The highest BCUT2D eigenvalue weighted by molar-refractivity contribution is 5.01. The van der Waals surface area contributed by atoms with Crippen LogP contribution in [0.3, 0.4) is 0 Å². The fraction of sp³-hybridized carbons (Fsp3) is 0.750. The minimum absolute atomic E-state index is 0.0393. The standard InChI is InChI=1S/C8H14O2/c1-3-5-6(9)8-7(4-2)10-8/h4,6-9H,2-3,5H2,1H3/t6-,7?,8?/m0/s1. The third-order valence-corrected chi connectivity index (χ3v) is 1.76. The summed E-state index contributed by atoms with van der Waals surface area (Å²) in [6.45, 7) is 5.63. The van der Waals surface area contributed by atoms with Crippen LogP contribution in [0.15, 0.2) is 12.7 Å². The van der Waals surface area contributed by atoms with Crippen LogP contribution in [-0.2, 0) is 4.74 Å². The molecule has 2 heteroatoms. The highest BCUT2D eigenvalue weighted by atomic mass is 16.6. The molecule has 10 heavy (non-hydrogen) atoms. The van der Waals surface area contributed by atoms with Gasteiger partial charge in [0.15, 0.2) is 0 Å². The minimum Gasteiger partial charge on any atom is -0.390 e. The summed E-state index contributed by atoms with van der Waals surface area (Å²) in [4.78, 5) is 0. The molecule has 1 heterocycles. The van der Waals surface area contributed by atoms with E-state index in [0.29, 0.717) is 0 Å². The SMILES string of the molecule is C=CC1OC1[C@@H](O)CCC. The van der Waals surface area contributed by atoms with Gasteiger partial charge in [-0.25, -0.2) is 0 Å². The lowest BCUT2D eigenvalue weighted by atomic mass is 10.1. The summed E-state index contributed by atoms with van der Waals surface area (Å²) in [5.41, 5.74) is 0. The molecule has 1 saturated heterocycles. The van der Waals surface area contributed by atoms with Crippen LogP contribution < -0.4 is 0 Å². The van der Waals surface area contributed by atoms with E-state index in [-0.39, 0.29) is 18.3 Å². The lowest BCUT2D eigenvalue weighted by Gasteiger charge is -2.02. The van der Waals surface area contributed by atoms with E-state index >= 15 is 0 Å². The van der Waals surface area contributed by atoms with Crippen molar-refractivity contribution in [2.24, 2.45) is 0 Å². The van der Waals surface area contributed by atoms with Crippen LogP contribution in [0.1, 0.15) is 19.8 Å². The predicted molar refractivity (Wildman–Crippen MR) is 39.8 cm³/mol. The molecular formula is C8H14O2. The summed E-state index contributed by atoms with van der Waals surface area (Å²) in [6, 6.07) is 0. The number of epoxide rings is 1. The highest BCUT2D eigenvalue weighted by Gasteiger charge is 2.41. The Hall–Kier alpha value is -0.340. The summed E-state index contributed by atoms with van der Waals surface area (Å²) >= 11 is 0. The van der Waals surface area contributed by atoms with Crippen molar-refractivity contribution in [1.82, 2.24) is 0 Å². The van der Waals surface area contributed by atoms with E-state index in [2.05, 4.69) is 13.5 Å². The van der Waals surface area contributed by atoms with Crippen LogP contribution in [0.5, 0.6) is 0 Å². The van der Waals surface area contributed by atoms with Gasteiger partial charge in [0, 0.05) is 0 Å². The number of ether oxygens (including phenoxy) is 1. The third kappa shape index (κ3) is 1.58. The van der Waals surface area contributed by atoms with Gasteiger partial charge in [-0.3, -0.25) is 0 Å². The van der Waals surface area contributed by atoms with Crippen LogP contribution >= 0.6 is 0 Å². The fourth-order valence-electron chi connectivity index (χ4n) is 1.10. The second-order valence-electron chi connectivity index (χ2n) is 2.66. The first-order valence-electron chi connectivity index (χ1n) is 3.75. The number of hydrogen-bond donors (Lipinski definition) is 1. The summed E-state index contributed by atoms with van der Waals surface area (Å²) in [6.07, 6.45) is 3.44. The number of hydrogen-bond acceptors (Lipinski definition) is 2. The molecule has 0 saturated carbocycles. The zero-order valence-corrected chi connectivity index (χ0v) is 6.29. The highest BCUT2D eigenvalue weighted by Crippen LogP contribution is 2.27. The van der Waals surface area contributed by atoms with E-state index in [1.54, 1.807) is 6.08 Å². The average Bonchev–Trinajstić information content (AvgIpc) is 2.66. The third-order valence-electron chi connectivity index (χ3n) is 1.76. The monoisotopic (exact) mass is 142 g/mol. The summed E-state index contributed by atoms with van der Waals surface area (Å²) in [7, 11) is 0. The van der Waals surface area contributed by atoms with Crippen molar-refractivity contribution in [2.75, 3.05) is 0 Å². The summed E-state index contributed by atoms with van der Waals surface area (Å²) < 4.78 is 5.11. The van der Waals surface area contributed by atoms with E-state index < -0.39 is 0 Å². The number of aliphatic hydroxyl groups excluding tert-OH is 1. The van der Waals surface area contributed by atoms with Gasteiger partial charge in [0.1, 0.15) is 12.2 Å². The molecule has 0 aromatic rings. The van der Waals surface area contributed by atoms with E-state index in [9.17, 15) is 5.11 Å². The molecule has 0 spiro atoms. The molecule has 58 valence electrons. The molecule has 1 N–H and O–H groups in total. The van der Waals surface area contributed by atoms with Crippen molar-refractivity contribution in [3.63, 3.8) is 0 Å². The van der Waals surface area contributed by atoms with Gasteiger partial charge in [0.2, 0.25) is 0 Å². The first-order chi connectivity index (χ1) is 4.79. The second kappa shape index (κ2) is 3.17. The molecule has 2 unspecified atom stereocenters. The molecule has 0 bridgehead atoms. The van der Waals surface area contributed by atoms with E-state index in [1.165, 1.54) is 0 Å². The van der Waals surface area contributed by atoms with E-state index in [0.717, 1.165) is 12.8 Å². The normalized spacial score (nSPS) is 33.4. The van der Waals surface area contributed by atoms with Crippen molar-refractivity contribution < 1.29 is 9.84 Å². The van der Waals surface area contributed by atoms with Gasteiger partial charge in [-0.05, 0) is 6.42 Å². The Kier molecular flexibility index (Phi) is 2.46. The zero-order valence-electron chi connectivity index (χ0n) is 6.29. The Labute approximate surface area is 61.5 Å². The maximum atomic E-state index is 9.32. The summed E-state index contributed by atoms with van der Waals surface area (Å²) in [5, 5.41) is 9.32. The molecule has 2 nitrogen and oxygen atoms in total. The van der Waals surface area contributed by atoms with Crippen LogP contribution in [-0.4, -0.2) is 23.4 Å². The van der Waals surface area contributed by atoms with Crippen LogP contribution in [0.4, 0.5) is 0 Å². The maximum Gasteiger partial charge on any atom is 0.114 e. The Morgan fingerprint density at radius 1 is 1.80 bits per heavy atom. The van der Waals surface area contributed by atoms with E-state index in [4.69, 9.17) is 4.74 Å². The number of aliphatic hydroxyl groups is 1. The van der Waals surface area contributed by atoms with Crippen LogP contribution in [0.25, 0.3) is 0 Å². The molecule has 0 amide bonds. The Balaban J connectivity index is 2.18. The topological polar surface area (TPSA) is 32.8 Å². The molecule has 1 rings (SSSR count). The molecule has 1 aliphatic heterocycles. The molecule has 0 aromatic heterocycles. The van der Waals surface area contributed by atoms with Crippen LogP contribution in [0.2, 0.25) is 0 Å². The Morgan fingerprint density at radius 3 is 2.90 bits per heavy atom. The molecular weight excluding hydrogens is 128 g/mol. The summed E-state index contributed by atoms with van der Waals surface area (Å²) in [5.74, 6) is 0. The first-order valence-corrected chi connectivity index (χ1v) is 3.75. The predicted octanol–water partition coefficient (Wildman–Crippen LogP) is 1.10. The van der Waals surface area contributed by atoms with Gasteiger partial charge in [-0.15, -0.1) is 6.58 Å². The van der Waals surface area contributed by atoms with Crippen LogP contribution in [0, 0.1) is 0 Å². The molecule has 0 aromatic carbocycles. The second-order valence-corrected chi connectivity index (χ2v) is 2.66. The van der Waals surface area contributed by atoms with Crippen molar-refractivity contribution in [3.05, 3.63) is 12.7 Å². The Bertz CT molecular complexity index is 122.